The van der Waals surface area contributed by atoms with E-state index in [9.17, 15) is 0 Å². The van der Waals surface area contributed by atoms with Crippen molar-refractivity contribution in [1.29, 1.82) is 0 Å². The second-order valence-electron chi connectivity index (χ2n) is 1.84. The molecule has 0 aromatic heterocycles. The summed E-state index contributed by atoms with van der Waals surface area (Å²) in [7, 11) is 0. The second kappa shape index (κ2) is 6.99. The first-order valence-corrected chi connectivity index (χ1v) is 2.64. The number of halogens is 1. The summed E-state index contributed by atoms with van der Waals surface area (Å²) in [6.07, 6.45) is 3.99. The summed E-state index contributed by atoms with van der Waals surface area (Å²) >= 11 is 0. The molecule has 1 atom stereocenters. The van der Waals surface area contributed by atoms with Crippen LogP contribution in [0.3, 0.4) is 0 Å². The molecule has 0 aliphatic heterocycles. The van der Waals surface area contributed by atoms with E-state index in [2.05, 4.69) is 6.58 Å². The van der Waals surface area contributed by atoms with Gasteiger partial charge in [0.2, 0.25) is 0 Å². The average Bonchev–Trinajstić information content (AvgIpc) is 1.61. The summed E-state index contributed by atoms with van der Waals surface area (Å²) in [4.78, 5) is 0. The lowest BCUT2D eigenvalue weighted by atomic mass is 10.2. The van der Waals surface area contributed by atoms with Crippen LogP contribution in [0.15, 0.2) is 12.7 Å². The minimum absolute atomic E-state index is 0. The standard InChI is InChI=1S/C6H13N.ClH/c1-3-4-5-6(2)7;/h3,6H,1,4-5,7H2,2H3;1H. The normalized spacial score (nSPS) is 11.8. The predicted molar refractivity (Wildman–Crippen MR) is 40.3 cm³/mol. The molecule has 2 N–H and O–H groups in total. The third-order valence-corrected chi connectivity index (χ3v) is 0.826. The zero-order chi connectivity index (χ0) is 5.70. The number of rotatable bonds is 3. The first-order valence-electron chi connectivity index (χ1n) is 2.64. The lowest BCUT2D eigenvalue weighted by Crippen LogP contribution is -2.13. The minimum Gasteiger partial charge on any atom is -0.328 e. The van der Waals surface area contributed by atoms with E-state index in [1.54, 1.807) is 0 Å². The Kier molecular flexibility index (Phi) is 9.51. The zero-order valence-electron chi connectivity index (χ0n) is 5.26. The average molecular weight is 136 g/mol. The van der Waals surface area contributed by atoms with E-state index in [1.165, 1.54) is 0 Å². The van der Waals surface area contributed by atoms with Crippen LogP contribution in [0.2, 0.25) is 0 Å². The largest absolute Gasteiger partial charge is 0.328 e. The lowest BCUT2D eigenvalue weighted by molar-refractivity contribution is 0.676. The van der Waals surface area contributed by atoms with Gasteiger partial charge in [0.05, 0.1) is 0 Å². The molecule has 1 nitrogen and oxygen atoms in total. The third-order valence-electron chi connectivity index (χ3n) is 0.826. The van der Waals surface area contributed by atoms with Crippen LogP contribution in [0, 0.1) is 0 Å². The molecule has 2 heteroatoms. The highest BCUT2D eigenvalue weighted by molar-refractivity contribution is 5.85. The molecule has 0 aliphatic rings. The number of allylic oxidation sites excluding steroid dienone is 1. The van der Waals surface area contributed by atoms with Crippen molar-refractivity contribution in [2.75, 3.05) is 0 Å². The fourth-order valence-corrected chi connectivity index (χ4v) is 0.381. The molecule has 50 valence electrons. The molecule has 0 aliphatic carbocycles. The van der Waals surface area contributed by atoms with Gasteiger partial charge in [-0.05, 0) is 19.8 Å². The molecule has 0 rings (SSSR count). The van der Waals surface area contributed by atoms with Crippen LogP contribution < -0.4 is 5.73 Å². The highest BCUT2D eigenvalue weighted by Gasteiger charge is 1.87. The smallest absolute Gasteiger partial charge is 0.00134 e. The van der Waals surface area contributed by atoms with Gasteiger partial charge in [0.25, 0.3) is 0 Å². The van der Waals surface area contributed by atoms with E-state index >= 15 is 0 Å². The first-order chi connectivity index (χ1) is 3.27. The summed E-state index contributed by atoms with van der Waals surface area (Å²) in [6.45, 7) is 5.58. The zero-order valence-corrected chi connectivity index (χ0v) is 6.08. The molecule has 0 radical (unpaired) electrons. The molecule has 8 heavy (non-hydrogen) atoms. The van der Waals surface area contributed by atoms with Gasteiger partial charge in [-0.1, -0.05) is 6.08 Å². The van der Waals surface area contributed by atoms with Crippen molar-refractivity contribution in [1.82, 2.24) is 0 Å². The SMILES string of the molecule is C=CCCC(C)N.Cl. The van der Waals surface area contributed by atoms with Gasteiger partial charge in [-0.25, -0.2) is 0 Å². The minimum atomic E-state index is 0. The Morgan fingerprint density at radius 2 is 2.25 bits per heavy atom. The molecule has 0 heterocycles. The maximum absolute atomic E-state index is 5.43. The van der Waals surface area contributed by atoms with Crippen molar-refractivity contribution >= 4 is 12.4 Å². The maximum Gasteiger partial charge on any atom is 0.00134 e. The number of hydrogen-bond donors (Lipinski definition) is 1. The van der Waals surface area contributed by atoms with E-state index in [4.69, 9.17) is 5.73 Å². The van der Waals surface area contributed by atoms with Crippen LogP contribution in [-0.2, 0) is 0 Å². The molecular formula is C6H14ClN. The van der Waals surface area contributed by atoms with Gasteiger partial charge in [0.1, 0.15) is 0 Å². The molecule has 0 aromatic carbocycles. The van der Waals surface area contributed by atoms with Crippen LogP contribution in [0.5, 0.6) is 0 Å². The van der Waals surface area contributed by atoms with Crippen molar-refractivity contribution in [3.05, 3.63) is 12.7 Å². The van der Waals surface area contributed by atoms with Gasteiger partial charge in [0, 0.05) is 6.04 Å². The van der Waals surface area contributed by atoms with Gasteiger partial charge in [-0.15, -0.1) is 19.0 Å². The fraction of sp³-hybridized carbons (Fsp3) is 0.667. The highest BCUT2D eigenvalue weighted by atomic mass is 35.5. The summed E-state index contributed by atoms with van der Waals surface area (Å²) in [5.41, 5.74) is 5.43. The van der Waals surface area contributed by atoms with Gasteiger partial charge < -0.3 is 5.73 Å². The highest BCUT2D eigenvalue weighted by Crippen LogP contribution is 1.91. The quantitative estimate of drug-likeness (QED) is 0.586. The second-order valence-corrected chi connectivity index (χ2v) is 1.84. The van der Waals surface area contributed by atoms with Crippen LogP contribution in [0.1, 0.15) is 19.8 Å². The summed E-state index contributed by atoms with van der Waals surface area (Å²) in [5, 5.41) is 0. The molecule has 0 saturated carbocycles. The topological polar surface area (TPSA) is 26.0 Å². The summed E-state index contributed by atoms with van der Waals surface area (Å²) < 4.78 is 0. The van der Waals surface area contributed by atoms with Crippen LogP contribution in [0.25, 0.3) is 0 Å². The Morgan fingerprint density at radius 1 is 1.75 bits per heavy atom. The van der Waals surface area contributed by atoms with Gasteiger partial charge in [-0.3, -0.25) is 0 Å². The van der Waals surface area contributed by atoms with Gasteiger partial charge in [-0.2, -0.15) is 0 Å². The fourth-order valence-electron chi connectivity index (χ4n) is 0.381. The Morgan fingerprint density at radius 3 is 2.38 bits per heavy atom. The van der Waals surface area contributed by atoms with E-state index in [-0.39, 0.29) is 12.4 Å². The molecule has 0 fully saturated rings. The molecule has 0 saturated heterocycles. The monoisotopic (exact) mass is 135 g/mol. The van der Waals surface area contributed by atoms with E-state index in [0.717, 1.165) is 12.8 Å². The molecule has 0 amide bonds. The Labute approximate surface area is 57.4 Å². The lowest BCUT2D eigenvalue weighted by Gasteiger charge is -1.97. The van der Waals surface area contributed by atoms with Crippen molar-refractivity contribution in [2.45, 2.75) is 25.8 Å². The van der Waals surface area contributed by atoms with Crippen LogP contribution in [-0.4, -0.2) is 6.04 Å². The van der Waals surface area contributed by atoms with Crippen molar-refractivity contribution < 1.29 is 0 Å². The predicted octanol–water partition coefficient (Wildman–Crippen LogP) is 1.72. The maximum atomic E-state index is 5.43. The van der Waals surface area contributed by atoms with Gasteiger partial charge >= 0.3 is 0 Å². The van der Waals surface area contributed by atoms with Crippen molar-refractivity contribution in [3.63, 3.8) is 0 Å². The van der Waals surface area contributed by atoms with Crippen molar-refractivity contribution in [2.24, 2.45) is 5.73 Å². The van der Waals surface area contributed by atoms with Crippen molar-refractivity contribution in [3.8, 4) is 0 Å². The number of hydrogen-bond acceptors (Lipinski definition) is 1. The first kappa shape index (κ1) is 10.9. The summed E-state index contributed by atoms with van der Waals surface area (Å²) in [5.74, 6) is 0. The van der Waals surface area contributed by atoms with Gasteiger partial charge in [0.15, 0.2) is 0 Å². The molecular weight excluding hydrogens is 122 g/mol. The van der Waals surface area contributed by atoms with Crippen LogP contribution >= 0.6 is 12.4 Å². The Balaban J connectivity index is 0. The molecule has 0 spiro atoms. The summed E-state index contributed by atoms with van der Waals surface area (Å²) in [6, 6.07) is 0.331. The molecule has 0 aromatic rings. The van der Waals surface area contributed by atoms with Crippen LogP contribution in [0.4, 0.5) is 0 Å². The van der Waals surface area contributed by atoms with E-state index < -0.39 is 0 Å². The Hall–Kier alpha value is -0.0100. The Bertz CT molecular complexity index is 52.5. The third kappa shape index (κ3) is 9.37. The number of nitrogens with two attached hydrogens (primary N) is 1. The van der Waals surface area contributed by atoms with E-state index in [1.807, 2.05) is 13.0 Å². The molecule has 0 bridgehead atoms. The molecule has 1 unspecified atom stereocenters. The van der Waals surface area contributed by atoms with E-state index in [0.29, 0.717) is 6.04 Å².